The number of benzene rings is 1. The molecular weight excluding hydrogens is 437 g/mol. The molecule has 0 saturated carbocycles. The molecule has 0 aliphatic heterocycles. The normalized spacial score (nSPS) is 12.4. The van der Waals surface area contributed by atoms with E-state index in [1.807, 2.05) is 38.8 Å². The first-order chi connectivity index (χ1) is 11.7. The summed E-state index contributed by atoms with van der Waals surface area (Å²) in [4.78, 5) is 13.9. The van der Waals surface area contributed by atoms with E-state index in [1.54, 1.807) is 21.9 Å². The van der Waals surface area contributed by atoms with Crippen LogP contribution < -0.4 is 9.60 Å². The second-order valence-electron chi connectivity index (χ2n) is 5.24. The fourth-order valence-electron chi connectivity index (χ4n) is 1.58. The van der Waals surface area contributed by atoms with Crippen LogP contribution in [0.25, 0.3) is 5.69 Å². The lowest BCUT2D eigenvalue weighted by atomic mass is 10.3. The maximum atomic E-state index is 6.18. The zero-order valence-electron chi connectivity index (χ0n) is 13.9. The standard InChI is InChI=1S/C14H15Cl2N5S4/c1-19(2)11(22)17-13-21(8-5-6-9(15)10(16)7-8)14(25-24-13)18-12(23)20(3)4/h5-7H,1-4H3/b17-13-,18-14-. The van der Waals surface area contributed by atoms with Crippen molar-refractivity contribution in [3.8, 4) is 5.69 Å². The minimum absolute atomic E-state index is 0.449. The van der Waals surface area contributed by atoms with Crippen LogP contribution in [0.5, 0.6) is 0 Å². The molecule has 134 valence electrons. The third-order valence-electron chi connectivity index (χ3n) is 2.88. The number of aromatic nitrogens is 1. The fourth-order valence-corrected chi connectivity index (χ4v) is 4.26. The predicted octanol–water partition coefficient (Wildman–Crippen LogP) is 3.40. The minimum atomic E-state index is 0.449. The maximum absolute atomic E-state index is 6.18. The Hall–Kier alpha value is -0.840. The van der Waals surface area contributed by atoms with Crippen molar-refractivity contribution in [1.29, 1.82) is 0 Å². The highest BCUT2D eigenvalue weighted by atomic mass is 35.5. The van der Waals surface area contributed by atoms with Crippen molar-refractivity contribution in [1.82, 2.24) is 14.4 Å². The zero-order chi connectivity index (χ0) is 18.7. The number of thiocarbonyl (C=S) groups is 2. The Bertz CT molecular complexity index is 890. The van der Waals surface area contributed by atoms with Crippen molar-refractivity contribution in [2.45, 2.75) is 0 Å². The molecule has 2 rings (SSSR count). The second-order valence-corrected chi connectivity index (χ2v) is 8.85. The number of hydrogen-bond acceptors (Lipinski definition) is 4. The summed E-state index contributed by atoms with van der Waals surface area (Å²) < 4.78 is 1.86. The van der Waals surface area contributed by atoms with Crippen LogP contribution in [-0.2, 0) is 0 Å². The van der Waals surface area contributed by atoms with Crippen molar-refractivity contribution in [2.24, 2.45) is 9.98 Å². The van der Waals surface area contributed by atoms with Gasteiger partial charge in [0.1, 0.15) is 0 Å². The van der Waals surface area contributed by atoms with Gasteiger partial charge in [-0.3, -0.25) is 4.57 Å². The molecule has 0 unspecified atom stereocenters. The number of hydrogen-bond donors (Lipinski definition) is 0. The van der Waals surface area contributed by atoms with Crippen molar-refractivity contribution >= 4 is 78.5 Å². The highest BCUT2D eigenvalue weighted by Crippen LogP contribution is 2.23. The van der Waals surface area contributed by atoms with Crippen LogP contribution in [0.15, 0.2) is 28.2 Å². The molecule has 0 atom stereocenters. The first kappa shape index (κ1) is 20.5. The minimum Gasteiger partial charge on any atom is -0.353 e. The van der Waals surface area contributed by atoms with Gasteiger partial charge in [-0.25, -0.2) is 0 Å². The molecule has 0 aliphatic carbocycles. The van der Waals surface area contributed by atoms with Gasteiger partial charge < -0.3 is 9.80 Å². The zero-order valence-corrected chi connectivity index (χ0v) is 18.6. The molecule has 1 aromatic heterocycles. The Morgan fingerprint density at radius 2 is 1.40 bits per heavy atom. The lowest BCUT2D eigenvalue weighted by Gasteiger charge is -2.10. The number of halogens is 2. The van der Waals surface area contributed by atoms with Gasteiger partial charge in [0, 0.05) is 28.2 Å². The first-order valence-corrected chi connectivity index (χ1v) is 10.6. The van der Waals surface area contributed by atoms with E-state index in [1.165, 1.54) is 20.7 Å². The van der Waals surface area contributed by atoms with Gasteiger partial charge in [0.05, 0.1) is 15.7 Å². The van der Waals surface area contributed by atoms with Crippen LogP contribution in [-0.4, -0.2) is 52.8 Å². The molecule has 0 bridgehead atoms. The van der Waals surface area contributed by atoms with Gasteiger partial charge in [-0.05, 0) is 63.3 Å². The molecule has 5 nitrogen and oxygen atoms in total. The summed E-state index contributed by atoms with van der Waals surface area (Å²) in [6, 6.07) is 5.35. The lowest BCUT2D eigenvalue weighted by Crippen LogP contribution is -2.29. The van der Waals surface area contributed by atoms with E-state index in [4.69, 9.17) is 47.6 Å². The van der Waals surface area contributed by atoms with Crippen LogP contribution in [0.3, 0.4) is 0 Å². The average Bonchev–Trinajstić information content (AvgIpc) is 2.92. The third-order valence-corrected chi connectivity index (χ3v) is 6.61. The van der Waals surface area contributed by atoms with Crippen LogP contribution in [0, 0.1) is 0 Å². The van der Waals surface area contributed by atoms with Gasteiger partial charge >= 0.3 is 0 Å². The summed E-state index contributed by atoms with van der Waals surface area (Å²) in [6.45, 7) is 0. The molecule has 11 heteroatoms. The van der Waals surface area contributed by atoms with Gasteiger partial charge in [0.15, 0.2) is 10.2 Å². The summed E-state index contributed by atoms with van der Waals surface area (Å²) in [7, 11) is 10.3. The summed E-state index contributed by atoms with van der Waals surface area (Å²) in [6.07, 6.45) is 0. The Labute approximate surface area is 173 Å². The van der Waals surface area contributed by atoms with E-state index < -0.39 is 0 Å². The molecule has 2 aromatic rings. The second kappa shape index (κ2) is 8.70. The number of nitrogens with zero attached hydrogens (tertiary/aromatic N) is 5. The highest BCUT2D eigenvalue weighted by Gasteiger charge is 2.10. The Morgan fingerprint density at radius 1 is 0.920 bits per heavy atom. The fraction of sp³-hybridized carbons (Fsp3) is 0.286. The first-order valence-electron chi connectivity index (χ1n) is 6.90. The van der Waals surface area contributed by atoms with E-state index in [0.717, 1.165) is 5.69 Å². The van der Waals surface area contributed by atoms with Crippen LogP contribution in [0.2, 0.25) is 10.0 Å². The number of rotatable bonds is 1. The van der Waals surface area contributed by atoms with E-state index in [9.17, 15) is 0 Å². The molecule has 0 radical (unpaired) electrons. The van der Waals surface area contributed by atoms with E-state index in [2.05, 4.69) is 9.98 Å². The molecule has 0 spiro atoms. The van der Waals surface area contributed by atoms with Crippen molar-refractivity contribution in [3.63, 3.8) is 0 Å². The summed E-state index contributed by atoms with van der Waals surface area (Å²) in [5.41, 5.74) is 0.785. The van der Waals surface area contributed by atoms with E-state index in [0.29, 0.717) is 29.9 Å². The van der Waals surface area contributed by atoms with Crippen LogP contribution >= 0.6 is 68.3 Å². The van der Waals surface area contributed by atoms with Gasteiger partial charge in [-0.2, -0.15) is 9.98 Å². The molecule has 1 heterocycles. The van der Waals surface area contributed by atoms with Gasteiger partial charge in [0.25, 0.3) is 0 Å². The van der Waals surface area contributed by atoms with E-state index >= 15 is 0 Å². The van der Waals surface area contributed by atoms with Crippen LogP contribution in [0.4, 0.5) is 0 Å². The van der Waals surface area contributed by atoms with E-state index in [-0.39, 0.29) is 0 Å². The van der Waals surface area contributed by atoms with Gasteiger partial charge in [-0.1, -0.05) is 23.2 Å². The third kappa shape index (κ3) is 5.08. The molecule has 1 aromatic carbocycles. The molecular formula is C14H15Cl2N5S4. The van der Waals surface area contributed by atoms with Crippen molar-refractivity contribution in [3.05, 3.63) is 37.8 Å². The van der Waals surface area contributed by atoms with Crippen molar-refractivity contribution < 1.29 is 0 Å². The Balaban J connectivity index is 2.76. The molecule has 0 aliphatic rings. The molecule has 0 fully saturated rings. The topological polar surface area (TPSA) is 36.1 Å². The monoisotopic (exact) mass is 451 g/mol. The SMILES string of the molecule is CN(C)C(=S)/N=c1\ss/c(=N\C(=S)N(C)C)n1-c1ccc(Cl)c(Cl)c1. The maximum Gasteiger partial charge on any atom is 0.209 e. The largest absolute Gasteiger partial charge is 0.353 e. The quantitative estimate of drug-likeness (QED) is 0.491. The van der Waals surface area contributed by atoms with Crippen LogP contribution in [0.1, 0.15) is 0 Å². The smallest absolute Gasteiger partial charge is 0.209 e. The summed E-state index contributed by atoms with van der Waals surface area (Å²) >= 11 is 22.8. The van der Waals surface area contributed by atoms with Crippen molar-refractivity contribution in [2.75, 3.05) is 28.2 Å². The molecule has 0 amide bonds. The van der Waals surface area contributed by atoms with Gasteiger partial charge in [0.2, 0.25) is 9.60 Å². The van der Waals surface area contributed by atoms with Gasteiger partial charge in [-0.15, -0.1) is 0 Å². The molecule has 25 heavy (non-hydrogen) atoms. The highest BCUT2D eigenvalue weighted by molar-refractivity contribution is 7.80. The average molecular weight is 452 g/mol. The lowest BCUT2D eigenvalue weighted by molar-refractivity contribution is 0.624. The Kier molecular flexibility index (Phi) is 7.12. The Morgan fingerprint density at radius 3 is 1.80 bits per heavy atom. The molecule has 0 N–H and O–H groups in total. The molecule has 0 saturated heterocycles. The predicted molar refractivity (Wildman–Crippen MR) is 115 cm³/mol. The summed E-state index contributed by atoms with van der Waals surface area (Å²) in [5.74, 6) is 0. The summed E-state index contributed by atoms with van der Waals surface area (Å²) in [5, 5.41) is 1.86.